The van der Waals surface area contributed by atoms with Crippen molar-refractivity contribution in [1.29, 1.82) is 0 Å². The highest BCUT2D eigenvalue weighted by Crippen LogP contribution is 2.37. The minimum absolute atomic E-state index is 0.0536. The average Bonchev–Trinajstić information content (AvgIpc) is 2.23. The number of benzene rings is 1. The first-order valence-electron chi connectivity index (χ1n) is 5.36. The number of pyridine rings is 1. The molecule has 0 aliphatic carbocycles. The third-order valence-electron chi connectivity index (χ3n) is 2.65. The van der Waals surface area contributed by atoms with Gasteiger partial charge in [-0.15, -0.1) is 0 Å². The van der Waals surface area contributed by atoms with Crippen LogP contribution in [0.2, 0.25) is 15.1 Å². The quantitative estimate of drug-likeness (QED) is 0.575. The second-order valence-corrected chi connectivity index (χ2v) is 6.31. The normalized spacial score (nSPS) is 12.2. The summed E-state index contributed by atoms with van der Waals surface area (Å²) in [5.74, 6) is -0.668. The van der Waals surface area contributed by atoms with Crippen molar-refractivity contribution in [2.75, 3.05) is 0 Å². The van der Waals surface area contributed by atoms with Gasteiger partial charge in [0.1, 0.15) is 0 Å². The van der Waals surface area contributed by atoms with Crippen molar-refractivity contribution in [2.24, 2.45) is 0 Å². The molecule has 0 unspecified atom stereocenters. The van der Waals surface area contributed by atoms with Gasteiger partial charge in [0.2, 0.25) is 0 Å². The molecule has 1 aromatic carbocycles. The first-order chi connectivity index (χ1) is 8.21. The van der Waals surface area contributed by atoms with Gasteiger partial charge in [-0.1, -0.05) is 55.6 Å². The van der Waals surface area contributed by atoms with Crippen molar-refractivity contribution in [3.8, 4) is 0 Å². The lowest BCUT2D eigenvalue weighted by Gasteiger charge is -2.19. The Balaban J connectivity index is 2.87. The van der Waals surface area contributed by atoms with Gasteiger partial charge in [0.15, 0.2) is 5.82 Å². The summed E-state index contributed by atoms with van der Waals surface area (Å²) in [6.07, 6.45) is 0. The lowest BCUT2D eigenvalue weighted by atomic mass is 9.91. The minimum Gasteiger partial charge on any atom is -0.252 e. The Bertz CT molecular complexity index is 632. The third-order valence-corrected chi connectivity index (χ3v) is 3.58. The highest BCUT2D eigenvalue weighted by atomic mass is 35.5. The minimum atomic E-state index is -0.668. The number of fused-ring (bicyclic) bond motifs is 1. The Labute approximate surface area is 120 Å². The second kappa shape index (κ2) is 4.52. The molecular weight excluding hydrogens is 296 g/mol. The van der Waals surface area contributed by atoms with Gasteiger partial charge in [0.25, 0.3) is 0 Å². The molecule has 1 heterocycles. The monoisotopic (exact) mass is 305 g/mol. The molecule has 2 rings (SSSR count). The number of aromatic nitrogens is 1. The molecule has 0 saturated carbocycles. The van der Waals surface area contributed by atoms with Crippen molar-refractivity contribution in [1.82, 2.24) is 4.98 Å². The Morgan fingerprint density at radius 1 is 1.06 bits per heavy atom. The van der Waals surface area contributed by atoms with Gasteiger partial charge < -0.3 is 0 Å². The number of halogens is 4. The van der Waals surface area contributed by atoms with Crippen LogP contribution >= 0.6 is 34.8 Å². The van der Waals surface area contributed by atoms with Crippen molar-refractivity contribution in [3.05, 3.63) is 38.7 Å². The van der Waals surface area contributed by atoms with E-state index >= 15 is 0 Å². The van der Waals surface area contributed by atoms with Crippen molar-refractivity contribution < 1.29 is 4.39 Å². The van der Waals surface area contributed by atoms with Crippen LogP contribution in [0.1, 0.15) is 26.5 Å². The molecule has 96 valence electrons. The predicted molar refractivity (Wildman–Crippen MR) is 75.4 cm³/mol. The largest absolute Gasteiger partial charge is 0.252 e. The number of hydrogen-bond donors (Lipinski definition) is 0. The van der Waals surface area contributed by atoms with E-state index in [2.05, 4.69) is 4.98 Å². The summed E-state index contributed by atoms with van der Waals surface area (Å²) in [6, 6.07) is 3.16. The molecule has 0 N–H and O–H groups in total. The van der Waals surface area contributed by atoms with Crippen LogP contribution in [-0.4, -0.2) is 4.98 Å². The number of hydrogen-bond acceptors (Lipinski definition) is 1. The maximum absolute atomic E-state index is 13.6. The molecule has 2 aromatic rings. The third kappa shape index (κ3) is 2.29. The van der Waals surface area contributed by atoms with E-state index < -0.39 is 5.82 Å². The van der Waals surface area contributed by atoms with Gasteiger partial charge in [-0.2, -0.15) is 0 Å². The molecule has 0 aliphatic rings. The molecule has 0 saturated heterocycles. The summed E-state index contributed by atoms with van der Waals surface area (Å²) < 4.78 is 13.6. The van der Waals surface area contributed by atoms with Crippen LogP contribution in [0.15, 0.2) is 12.1 Å². The van der Waals surface area contributed by atoms with E-state index in [1.807, 2.05) is 20.8 Å². The Morgan fingerprint density at radius 2 is 1.67 bits per heavy atom. The first kappa shape index (κ1) is 13.9. The first-order valence-corrected chi connectivity index (χ1v) is 6.49. The lowest BCUT2D eigenvalue weighted by molar-refractivity contribution is 0.571. The Hall–Kier alpha value is -0.570. The molecule has 0 radical (unpaired) electrons. The molecule has 0 spiro atoms. The molecule has 0 bridgehead atoms. The Morgan fingerprint density at radius 3 is 2.22 bits per heavy atom. The fourth-order valence-electron chi connectivity index (χ4n) is 1.64. The van der Waals surface area contributed by atoms with E-state index in [9.17, 15) is 4.39 Å². The smallest absolute Gasteiger partial charge is 0.161 e. The van der Waals surface area contributed by atoms with Crippen LogP contribution in [0.3, 0.4) is 0 Å². The maximum Gasteiger partial charge on any atom is 0.161 e. The van der Waals surface area contributed by atoms with Crippen LogP contribution in [-0.2, 0) is 5.41 Å². The molecule has 0 fully saturated rings. The van der Waals surface area contributed by atoms with E-state index in [0.717, 1.165) is 5.69 Å². The van der Waals surface area contributed by atoms with Crippen LogP contribution < -0.4 is 0 Å². The maximum atomic E-state index is 13.6. The lowest BCUT2D eigenvalue weighted by Crippen LogP contribution is -2.13. The van der Waals surface area contributed by atoms with Crippen LogP contribution in [0, 0.1) is 5.82 Å². The van der Waals surface area contributed by atoms with E-state index in [0.29, 0.717) is 15.9 Å². The van der Waals surface area contributed by atoms with Gasteiger partial charge in [0, 0.05) is 16.5 Å². The van der Waals surface area contributed by atoms with E-state index in [1.165, 1.54) is 6.07 Å². The van der Waals surface area contributed by atoms with Crippen LogP contribution in [0.5, 0.6) is 0 Å². The van der Waals surface area contributed by atoms with E-state index in [1.54, 1.807) is 6.07 Å². The Kier molecular flexibility index (Phi) is 3.48. The molecule has 0 amide bonds. The summed E-state index contributed by atoms with van der Waals surface area (Å²) in [5.41, 5.74) is 1.15. The molecule has 1 aromatic heterocycles. The summed E-state index contributed by atoms with van der Waals surface area (Å²) in [5, 5.41) is 0.635. The highest BCUT2D eigenvalue weighted by molar-refractivity contribution is 6.43. The summed E-state index contributed by atoms with van der Waals surface area (Å²) in [6.45, 7) is 6.05. The van der Waals surface area contributed by atoms with Crippen LogP contribution in [0.4, 0.5) is 4.39 Å². The molecule has 1 nitrogen and oxygen atoms in total. The summed E-state index contributed by atoms with van der Waals surface area (Å²) in [4.78, 5) is 4.45. The van der Waals surface area contributed by atoms with Crippen molar-refractivity contribution in [2.45, 2.75) is 26.2 Å². The summed E-state index contributed by atoms with van der Waals surface area (Å²) in [7, 11) is 0. The number of rotatable bonds is 0. The van der Waals surface area contributed by atoms with Crippen LogP contribution in [0.25, 0.3) is 10.9 Å². The molecule has 5 heteroatoms. The average molecular weight is 307 g/mol. The fraction of sp³-hybridized carbons (Fsp3) is 0.308. The standard InChI is InChI=1S/C13H11Cl3FN/c1-13(2,3)9-5-6(14)10-8(18-9)4-7(15)12(17)11(10)16/h4-5H,1-3H3. The molecular formula is C13H11Cl3FN. The van der Waals surface area contributed by atoms with E-state index in [4.69, 9.17) is 34.8 Å². The zero-order valence-corrected chi connectivity index (χ0v) is 12.4. The van der Waals surface area contributed by atoms with Gasteiger partial charge in [0.05, 0.1) is 20.6 Å². The molecule has 0 atom stereocenters. The molecule has 18 heavy (non-hydrogen) atoms. The highest BCUT2D eigenvalue weighted by Gasteiger charge is 2.20. The predicted octanol–water partition coefficient (Wildman–Crippen LogP) is 5.63. The van der Waals surface area contributed by atoms with Gasteiger partial charge in [-0.3, -0.25) is 4.98 Å². The van der Waals surface area contributed by atoms with E-state index in [-0.39, 0.29) is 15.5 Å². The zero-order valence-electron chi connectivity index (χ0n) is 10.1. The second-order valence-electron chi connectivity index (χ2n) is 5.12. The summed E-state index contributed by atoms with van der Waals surface area (Å²) >= 11 is 17.9. The van der Waals surface area contributed by atoms with Crippen molar-refractivity contribution in [3.63, 3.8) is 0 Å². The number of nitrogens with zero attached hydrogens (tertiary/aromatic N) is 1. The SMILES string of the molecule is CC(C)(C)c1cc(Cl)c2c(Cl)c(F)c(Cl)cc2n1. The van der Waals surface area contributed by atoms with Gasteiger partial charge in [-0.05, 0) is 12.1 Å². The van der Waals surface area contributed by atoms with Gasteiger partial charge in [-0.25, -0.2) is 4.39 Å². The fourth-order valence-corrected chi connectivity index (χ4v) is 2.53. The zero-order chi connectivity index (χ0) is 13.7. The van der Waals surface area contributed by atoms with Gasteiger partial charge >= 0.3 is 0 Å². The van der Waals surface area contributed by atoms with Crippen molar-refractivity contribution >= 4 is 45.7 Å². The molecule has 0 aliphatic heterocycles. The topological polar surface area (TPSA) is 12.9 Å².